The lowest BCUT2D eigenvalue weighted by atomic mass is 10.1. The number of halogens is 1. The number of amides is 1. The molecule has 0 aliphatic carbocycles. The van der Waals surface area contributed by atoms with Crippen LogP contribution in [0.25, 0.3) is 11.3 Å². The van der Waals surface area contributed by atoms with Crippen LogP contribution in [-0.4, -0.2) is 55.3 Å². The Hall–Kier alpha value is -3.44. The lowest BCUT2D eigenvalue weighted by molar-refractivity contribution is 0.0973. The number of hydrogen-bond acceptors (Lipinski definition) is 6. The summed E-state index contributed by atoms with van der Waals surface area (Å²) in [5, 5.41) is 0. The molecule has 3 heterocycles. The molecule has 1 aliphatic rings. The first-order chi connectivity index (χ1) is 16.2. The number of nitrogens with zero attached hydrogens (tertiary/aromatic N) is 4. The van der Waals surface area contributed by atoms with Gasteiger partial charge in [-0.2, -0.15) is 12.7 Å². The Bertz CT molecular complexity index is 1370. The summed E-state index contributed by atoms with van der Waals surface area (Å²) in [5.74, 6) is -0.608. The number of rotatable bonds is 8. The Morgan fingerprint density at radius 1 is 1.29 bits per heavy atom. The molecule has 180 valence electrons. The van der Waals surface area contributed by atoms with Gasteiger partial charge in [-0.05, 0) is 43.2 Å². The van der Waals surface area contributed by atoms with Crippen LogP contribution in [-0.2, 0) is 10.2 Å². The molecule has 3 aromatic rings. The van der Waals surface area contributed by atoms with Gasteiger partial charge in [0.1, 0.15) is 22.9 Å². The zero-order valence-corrected chi connectivity index (χ0v) is 20.0. The number of nitrogens with one attached hydrogen (secondary N) is 1. The number of anilines is 1. The molecule has 0 atom stereocenters. The standard InChI is InChI=1S/C23H26FN5O4S/c1-4-11-27(2)34(31,32)26-23(30)20-14-25-22-10-8-17(15-29(20)22)28-12-5-6-19(28)18-13-16(24)7-9-21(18)33-3/h6-10,13-15H,4-5,11-12H2,1-3H3,(H,26,30). The maximum atomic E-state index is 14.0. The van der Waals surface area contributed by atoms with Crippen LogP contribution in [0.5, 0.6) is 5.75 Å². The second kappa shape index (κ2) is 9.43. The summed E-state index contributed by atoms with van der Waals surface area (Å²) in [7, 11) is -1.03. The summed E-state index contributed by atoms with van der Waals surface area (Å²) < 4.78 is 49.0. The number of carbonyl (C=O) groups excluding carboxylic acids is 1. The van der Waals surface area contributed by atoms with Gasteiger partial charge in [-0.25, -0.2) is 14.1 Å². The number of methoxy groups -OCH3 is 1. The molecule has 1 aliphatic heterocycles. The highest BCUT2D eigenvalue weighted by Gasteiger charge is 2.25. The SMILES string of the molecule is CCCN(C)S(=O)(=O)NC(=O)c1cnc2ccc(N3CCC=C3c3cc(F)ccc3OC)cn12. The molecule has 0 spiro atoms. The number of carbonyl (C=O) groups is 1. The molecular weight excluding hydrogens is 461 g/mol. The predicted molar refractivity (Wildman–Crippen MR) is 127 cm³/mol. The highest BCUT2D eigenvalue weighted by Crippen LogP contribution is 2.36. The second-order valence-corrected chi connectivity index (χ2v) is 9.67. The number of aromatic nitrogens is 2. The van der Waals surface area contributed by atoms with Crippen LogP contribution >= 0.6 is 0 Å². The van der Waals surface area contributed by atoms with Crippen molar-refractivity contribution in [3.05, 3.63) is 65.9 Å². The molecule has 1 aromatic carbocycles. The van der Waals surface area contributed by atoms with E-state index in [1.165, 1.54) is 32.5 Å². The summed E-state index contributed by atoms with van der Waals surface area (Å²) in [6, 6.07) is 7.94. The molecule has 0 fully saturated rings. The van der Waals surface area contributed by atoms with Crippen molar-refractivity contribution < 1.29 is 22.3 Å². The third-order valence-corrected chi connectivity index (χ3v) is 7.07. The van der Waals surface area contributed by atoms with Gasteiger partial charge in [-0.1, -0.05) is 13.0 Å². The highest BCUT2D eigenvalue weighted by atomic mass is 32.2. The summed E-state index contributed by atoms with van der Waals surface area (Å²) in [6.45, 7) is 2.78. The molecular formula is C23H26FN5O4S. The van der Waals surface area contributed by atoms with Gasteiger partial charge >= 0.3 is 10.2 Å². The molecule has 1 N–H and O–H groups in total. The fourth-order valence-electron chi connectivity index (χ4n) is 3.94. The molecule has 34 heavy (non-hydrogen) atoms. The minimum absolute atomic E-state index is 0.0818. The number of benzene rings is 1. The van der Waals surface area contributed by atoms with Crippen LogP contribution < -0.4 is 14.4 Å². The molecule has 0 bridgehead atoms. The van der Waals surface area contributed by atoms with E-state index in [4.69, 9.17) is 4.74 Å². The predicted octanol–water partition coefficient (Wildman–Crippen LogP) is 3.05. The average Bonchev–Trinajstić information content (AvgIpc) is 3.45. The van der Waals surface area contributed by atoms with Crippen molar-refractivity contribution >= 4 is 33.1 Å². The molecule has 0 unspecified atom stereocenters. The zero-order valence-electron chi connectivity index (χ0n) is 19.2. The molecule has 4 rings (SSSR count). The van der Waals surface area contributed by atoms with E-state index in [1.54, 1.807) is 22.7 Å². The van der Waals surface area contributed by atoms with Gasteiger partial charge in [0.2, 0.25) is 0 Å². The van der Waals surface area contributed by atoms with Gasteiger partial charge in [-0.3, -0.25) is 9.20 Å². The Labute approximate surface area is 197 Å². The average molecular weight is 488 g/mol. The van der Waals surface area contributed by atoms with Crippen LogP contribution in [0.3, 0.4) is 0 Å². The van der Waals surface area contributed by atoms with Crippen molar-refractivity contribution in [3.8, 4) is 5.75 Å². The first-order valence-corrected chi connectivity index (χ1v) is 12.3. The number of hydrogen-bond donors (Lipinski definition) is 1. The van der Waals surface area contributed by atoms with Crippen molar-refractivity contribution in [1.82, 2.24) is 18.4 Å². The van der Waals surface area contributed by atoms with Crippen molar-refractivity contribution in [2.75, 3.05) is 32.1 Å². The molecule has 0 saturated carbocycles. The van der Waals surface area contributed by atoms with Crippen molar-refractivity contribution in [1.29, 1.82) is 0 Å². The van der Waals surface area contributed by atoms with E-state index in [0.717, 1.165) is 22.1 Å². The van der Waals surface area contributed by atoms with E-state index in [0.29, 0.717) is 29.9 Å². The van der Waals surface area contributed by atoms with Crippen LogP contribution in [0.15, 0.2) is 48.8 Å². The fraction of sp³-hybridized carbons (Fsp3) is 0.304. The number of ether oxygens (including phenoxy) is 1. The van der Waals surface area contributed by atoms with Gasteiger partial charge in [0, 0.05) is 37.6 Å². The lowest BCUT2D eigenvalue weighted by Gasteiger charge is -2.24. The topological polar surface area (TPSA) is 96.2 Å². The normalized spacial score (nSPS) is 14.0. The molecule has 0 radical (unpaired) electrons. The Kier molecular flexibility index (Phi) is 6.58. The first-order valence-electron chi connectivity index (χ1n) is 10.8. The molecule has 1 amide bonds. The summed E-state index contributed by atoms with van der Waals surface area (Å²) in [4.78, 5) is 19.0. The van der Waals surface area contributed by atoms with Gasteiger partial charge in [0.05, 0.1) is 19.0 Å². The van der Waals surface area contributed by atoms with Gasteiger partial charge in [0.25, 0.3) is 5.91 Å². The van der Waals surface area contributed by atoms with E-state index >= 15 is 0 Å². The van der Waals surface area contributed by atoms with E-state index in [9.17, 15) is 17.6 Å². The summed E-state index contributed by atoms with van der Waals surface area (Å²) in [5.41, 5.74) is 2.71. The lowest BCUT2D eigenvalue weighted by Crippen LogP contribution is -2.42. The number of fused-ring (bicyclic) bond motifs is 1. The molecule has 9 nitrogen and oxygen atoms in total. The zero-order chi connectivity index (χ0) is 24.5. The van der Waals surface area contributed by atoms with Gasteiger partial charge < -0.3 is 9.64 Å². The molecule has 0 saturated heterocycles. The highest BCUT2D eigenvalue weighted by molar-refractivity contribution is 7.87. The van der Waals surface area contributed by atoms with E-state index in [-0.39, 0.29) is 18.1 Å². The van der Waals surface area contributed by atoms with Crippen LogP contribution in [0.1, 0.15) is 35.8 Å². The Morgan fingerprint density at radius 3 is 2.82 bits per heavy atom. The minimum atomic E-state index is -3.97. The third-order valence-electron chi connectivity index (χ3n) is 5.62. The maximum Gasteiger partial charge on any atom is 0.303 e. The number of imidazole rings is 1. The largest absolute Gasteiger partial charge is 0.496 e. The third kappa shape index (κ3) is 4.48. The van der Waals surface area contributed by atoms with Crippen LogP contribution in [0, 0.1) is 5.82 Å². The maximum absolute atomic E-state index is 14.0. The van der Waals surface area contributed by atoms with Crippen molar-refractivity contribution in [2.45, 2.75) is 19.8 Å². The van der Waals surface area contributed by atoms with Gasteiger partial charge in [0.15, 0.2) is 0 Å². The quantitative estimate of drug-likeness (QED) is 0.525. The summed E-state index contributed by atoms with van der Waals surface area (Å²) >= 11 is 0. The Balaban J connectivity index is 1.67. The van der Waals surface area contributed by atoms with Crippen molar-refractivity contribution in [2.24, 2.45) is 0 Å². The first kappa shape index (κ1) is 23.7. The van der Waals surface area contributed by atoms with E-state index in [2.05, 4.69) is 9.71 Å². The van der Waals surface area contributed by atoms with Gasteiger partial charge in [-0.15, -0.1) is 0 Å². The van der Waals surface area contributed by atoms with E-state index < -0.39 is 16.1 Å². The smallest absolute Gasteiger partial charge is 0.303 e. The van der Waals surface area contributed by atoms with Crippen LogP contribution in [0.2, 0.25) is 0 Å². The fourth-order valence-corrected chi connectivity index (χ4v) is 4.86. The molecule has 11 heteroatoms. The second-order valence-electron chi connectivity index (χ2n) is 7.89. The molecule has 2 aromatic heterocycles. The minimum Gasteiger partial charge on any atom is -0.496 e. The summed E-state index contributed by atoms with van der Waals surface area (Å²) in [6.07, 6.45) is 6.41. The monoisotopic (exact) mass is 487 g/mol. The Morgan fingerprint density at radius 2 is 2.09 bits per heavy atom. The number of pyridine rings is 1. The van der Waals surface area contributed by atoms with Crippen LogP contribution in [0.4, 0.5) is 10.1 Å². The van der Waals surface area contributed by atoms with E-state index in [1.807, 2.05) is 24.0 Å². The van der Waals surface area contributed by atoms with Crippen molar-refractivity contribution in [3.63, 3.8) is 0 Å².